The Bertz CT molecular complexity index is 1170. The van der Waals surface area contributed by atoms with E-state index in [0.29, 0.717) is 18.5 Å². The van der Waals surface area contributed by atoms with E-state index in [9.17, 15) is 0 Å². The van der Waals surface area contributed by atoms with Gasteiger partial charge < -0.3 is 9.64 Å². The summed E-state index contributed by atoms with van der Waals surface area (Å²) in [5, 5.41) is 14.4. The minimum Gasteiger partial charge on any atom is -0.379 e. The summed E-state index contributed by atoms with van der Waals surface area (Å²) in [6.45, 7) is 6.51. The summed E-state index contributed by atoms with van der Waals surface area (Å²) >= 11 is 6.14. The zero-order valence-electron chi connectivity index (χ0n) is 18.4. The number of halogens is 1. The minimum atomic E-state index is 0.370. The fourth-order valence-corrected chi connectivity index (χ4v) is 4.66. The molecule has 3 aromatic rings. The van der Waals surface area contributed by atoms with Crippen LogP contribution in [-0.2, 0) is 11.3 Å². The second-order valence-electron chi connectivity index (χ2n) is 8.45. The lowest BCUT2D eigenvalue weighted by Gasteiger charge is -2.36. The highest BCUT2D eigenvalue weighted by Crippen LogP contribution is 2.28. The number of hydrogen-bond acceptors (Lipinski definition) is 6. The van der Waals surface area contributed by atoms with E-state index in [1.165, 1.54) is 0 Å². The molecule has 1 fully saturated rings. The lowest BCUT2D eigenvalue weighted by atomic mass is 9.91. The molecule has 166 valence electrons. The van der Waals surface area contributed by atoms with Crippen LogP contribution in [0, 0.1) is 5.92 Å². The van der Waals surface area contributed by atoms with E-state index >= 15 is 0 Å². The first kappa shape index (κ1) is 21.1. The molecular weight excluding hydrogens is 424 g/mol. The average Bonchev–Trinajstić information content (AvgIpc) is 3.23. The maximum atomic E-state index is 6.14. The summed E-state index contributed by atoms with van der Waals surface area (Å²) in [4.78, 5) is 4.58. The number of hydrogen-bond donors (Lipinski definition) is 0. The molecule has 8 heteroatoms. The van der Waals surface area contributed by atoms with Crippen LogP contribution < -0.4 is 4.90 Å². The molecule has 5 rings (SSSR count). The van der Waals surface area contributed by atoms with E-state index in [1.807, 2.05) is 41.9 Å². The predicted molar refractivity (Wildman–Crippen MR) is 127 cm³/mol. The highest BCUT2D eigenvalue weighted by molar-refractivity contribution is 6.30. The number of benzene rings is 1. The molecule has 0 N–H and O–H groups in total. The molecule has 0 bridgehead atoms. The molecule has 3 heterocycles. The Morgan fingerprint density at radius 2 is 2.00 bits per heavy atom. The van der Waals surface area contributed by atoms with Crippen LogP contribution in [0.25, 0.3) is 11.2 Å². The topological polar surface area (TPSA) is 58.8 Å². The molecule has 1 aliphatic heterocycles. The Morgan fingerprint density at radius 1 is 1.16 bits per heavy atom. The molecule has 2 atom stereocenters. The van der Waals surface area contributed by atoms with E-state index in [2.05, 4.69) is 51.2 Å². The highest BCUT2D eigenvalue weighted by atomic mass is 35.5. The molecule has 0 amide bonds. The van der Waals surface area contributed by atoms with Crippen molar-refractivity contribution in [3.63, 3.8) is 0 Å². The fraction of sp³-hybridized carbons (Fsp3) is 0.375. The van der Waals surface area contributed by atoms with Crippen LogP contribution in [0.15, 0.2) is 54.6 Å². The summed E-state index contributed by atoms with van der Waals surface area (Å²) in [6.07, 6.45) is 6.71. The number of rotatable bonds is 5. The van der Waals surface area contributed by atoms with Crippen molar-refractivity contribution in [1.29, 1.82) is 0 Å². The Morgan fingerprint density at radius 3 is 2.78 bits per heavy atom. The van der Waals surface area contributed by atoms with Gasteiger partial charge in [0.15, 0.2) is 11.5 Å². The van der Waals surface area contributed by atoms with Gasteiger partial charge in [-0.15, -0.1) is 15.3 Å². The summed E-state index contributed by atoms with van der Waals surface area (Å²) in [6, 6.07) is 12.2. The van der Waals surface area contributed by atoms with Crippen molar-refractivity contribution in [2.24, 2.45) is 5.92 Å². The number of anilines is 1. The average molecular weight is 451 g/mol. The summed E-state index contributed by atoms with van der Waals surface area (Å²) in [7, 11) is 2.02. The molecule has 0 radical (unpaired) electrons. The van der Waals surface area contributed by atoms with Gasteiger partial charge in [-0.05, 0) is 35.7 Å². The molecule has 2 unspecified atom stereocenters. The first-order chi connectivity index (χ1) is 15.6. The summed E-state index contributed by atoms with van der Waals surface area (Å²) in [5.41, 5.74) is 2.92. The van der Waals surface area contributed by atoms with Gasteiger partial charge in [-0.25, -0.2) is 0 Å². The van der Waals surface area contributed by atoms with E-state index in [1.54, 1.807) is 0 Å². The van der Waals surface area contributed by atoms with Crippen LogP contribution >= 0.6 is 11.6 Å². The molecular formula is C24H27ClN6O. The van der Waals surface area contributed by atoms with Gasteiger partial charge in [-0.3, -0.25) is 4.90 Å². The molecule has 1 aliphatic carbocycles. The number of morpholine rings is 1. The molecule has 32 heavy (non-hydrogen) atoms. The maximum Gasteiger partial charge on any atom is 0.185 e. The number of aromatic nitrogens is 4. The SMILES string of the molecule is CC1C=C(c2nnc3ccc(N(C)Cc4cccc(Cl)c4)nn23)C=CC1N1CCOCC1. The molecule has 0 spiro atoms. The van der Waals surface area contributed by atoms with Gasteiger partial charge in [-0.2, -0.15) is 4.52 Å². The van der Waals surface area contributed by atoms with Crippen LogP contribution in [0.2, 0.25) is 5.02 Å². The van der Waals surface area contributed by atoms with Gasteiger partial charge in [0.1, 0.15) is 5.82 Å². The fourth-order valence-electron chi connectivity index (χ4n) is 4.45. The second-order valence-corrected chi connectivity index (χ2v) is 8.89. The van der Waals surface area contributed by atoms with Crippen LogP contribution in [0.3, 0.4) is 0 Å². The zero-order valence-corrected chi connectivity index (χ0v) is 19.1. The maximum absolute atomic E-state index is 6.14. The van der Waals surface area contributed by atoms with E-state index in [4.69, 9.17) is 21.4 Å². The van der Waals surface area contributed by atoms with Crippen molar-refractivity contribution in [1.82, 2.24) is 24.7 Å². The van der Waals surface area contributed by atoms with Gasteiger partial charge in [0.25, 0.3) is 0 Å². The monoisotopic (exact) mass is 450 g/mol. The normalized spacial score (nSPS) is 21.7. The van der Waals surface area contributed by atoms with Crippen molar-refractivity contribution < 1.29 is 4.74 Å². The van der Waals surface area contributed by atoms with Crippen molar-refractivity contribution in [3.8, 4) is 0 Å². The van der Waals surface area contributed by atoms with Gasteiger partial charge in [0, 0.05) is 43.3 Å². The Hall–Kier alpha value is -2.74. The first-order valence-electron chi connectivity index (χ1n) is 11.0. The third-order valence-corrected chi connectivity index (χ3v) is 6.36. The quantitative estimate of drug-likeness (QED) is 0.590. The zero-order chi connectivity index (χ0) is 22.1. The van der Waals surface area contributed by atoms with Crippen LogP contribution in [-0.4, -0.2) is 64.1 Å². The van der Waals surface area contributed by atoms with Crippen LogP contribution in [0.1, 0.15) is 18.3 Å². The largest absolute Gasteiger partial charge is 0.379 e. The smallest absolute Gasteiger partial charge is 0.185 e. The molecule has 0 saturated carbocycles. The third-order valence-electron chi connectivity index (χ3n) is 6.13. The van der Waals surface area contributed by atoms with Gasteiger partial charge in [0.2, 0.25) is 0 Å². The Labute approximate surface area is 192 Å². The number of fused-ring (bicyclic) bond motifs is 1. The molecule has 1 aromatic carbocycles. The molecule has 1 saturated heterocycles. The lowest BCUT2D eigenvalue weighted by molar-refractivity contribution is 0.0194. The first-order valence-corrected chi connectivity index (χ1v) is 11.4. The van der Waals surface area contributed by atoms with E-state index < -0.39 is 0 Å². The highest BCUT2D eigenvalue weighted by Gasteiger charge is 2.26. The third kappa shape index (κ3) is 4.28. The lowest BCUT2D eigenvalue weighted by Crippen LogP contribution is -2.45. The van der Waals surface area contributed by atoms with E-state index in [0.717, 1.165) is 59.8 Å². The number of nitrogens with zero attached hydrogens (tertiary/aromatic N) is 6. The van der Waals surface area contributed by atoms with Crippen LogP contribution in [0.5, 0.6) is 0 Å². The molecule has 2 aromatic heterocycles. The Kier molecular flexibility index (Phi) is 5.95. The summed E-state index contributed by atoms with van der Waals surface area (Å²) < 4.78 is 7.34. The minimum absolute atomic E-state index is 0.370. The van der Waals surface area contributed by atoms with E-state index in [-0.39, 0.29) is 0 Å². The van der Waals surface area contributed by atoms with Crippen molar-refractivity contribution in [2.75, 3.05) is 38.3 Å². The van der Waals surface area contributed by atoms with Gasteiger partial charge >= 0.3 is 0 Å². The predicted octanol–water partition coefficient (Wildman–Crippen LogP) is 3.70. The summed E-state index contributed by atoms with van der Waals surface area (Å²) in [5.74, 6) is 1.98. The van der Waals surface area contributed by atoms with Crippen molar-refractivity contribution in [2.45, 2.75) is 19.5 Å². The second kappa shape index (κ2) is 9.02. The van der Waals surface area contributed by atoms with Crippen molar-refractivity contribution in [3.05, 3.63) is 71.0 Å². The number of allylic oxidation sites excluding steroid dienone is 2. The standard InChI is InChI=1S/C24H27ClN6O/c1-17-14-19(6-7-21(17)30-10-12-32-13-11-30)24-27-26-22-8-9-23(28-31(22)24)29(2)16-18-4-3-5-20(25)15-18/h3-9,14-15,17,21H,10-13,16H2,1-2H3. The van der Waals surface area contributed by atoms with Crippen LogP contribution in [0.4, 0.5) is 5.82 Å². The molecule has 2 aliphatic rings. The number of ether oxygens (including phenoxy) is 1. The van der Waals surface area contributed by atoms with Gasteiger partial charge in [0.05, 0.1) is 13.2 Å². The van der Waals surface area contributed by atoms with Gasteiger partial charge in [-0.1, -0.05) is 48.9 Å². The molecule has 7 nitrogen and oxygen atoms in total. The Balaban J connectivity index is 1.39. The van der Waals surface area contributed by atoms with Crippen molar-refractivity contribution >= 4 is 28.6 Å².